The summed E-state index contributed by atoms with van der Waals surface area (Å²) in [7, 11) is 0. The third kappa shape index (κ3) is 1.75. The first-order valence-corrected chi connectivity index (χ1v) is 4.84. The molecule has 2 unspecified atom stereocenters. The van der Waals surface area contributed by atoms with E-state index in [4.69, 9.17) is 0 Å². The van der Waals surface area contributed by atoms with Gasteiger partial charge in [0.1, 0.15) is 0 Å². The summed E-state index contributed by atoms with van der Waals surface area (Å²) in [4.78, 5) is 0. The van der Waals surface area contributed by atoms with Crippen LogP contribution in [0.3, 0.4) is 0 Å². The van der Waals surface area contributed by atoms with Crippen molar-refractivity contribution in [2.45, 2.75) is 39.3 Å². The molecule has 0 radical (unpaired) electrons. The lowest BCUT2D eigenvalue weighted by Crippen LogP contribution is -2.23. The molecule has 0 spiro atoms. The minimum absolute atomic E-state index is 0.408. The van der Waals surface area contributed by atoms with Crippen LogP contribution < -0.4 is 5.32 Å². The topological polar surface area (TPSA) is 40.7 Å². The highest BCUT2D eigenvalue weighted by molar-refractivity contribution is 5.11. The van der Waals surface area contributed by atoms with Gasteiger partial charge in [0.05, 0.1) is 6.20 Å². The third-order valence-electron chi connectivity index (χ3n) is 2.98. The number of nitrogens with zero attached hydrogens (tertiary/aromatic N) is 1. The zero-order valence-corrected chi connectivity index (χ0v) is 8.46. The molecule has 13 heavy (non-hydrogen) atoms. The highest BCUT2D eigenvalue weighted by atomic mass is 15.1. The van der Waals surface area contributed by atoms with Gasteiger partial charge < -0.3 is 5.32 Å². The predicted octanol–water partition coefficient (Wildman–Crippen LogP) is 1.86. The zero-order chi connectivity index (χ0) is 9.47. The summed E-state index contributed by atoms with van der Waals surface area (Å²) in [5.74, 6) is 0. The maximum Gasteiger partial charge on any atom is 0.0534 e. The van der Waals surface area contributed by atoms with E-state index in [9.17, 15) is 0 Å². The minimum atomic E-state index is 0.408. The molecule has 0 amide bonds. The van der Waals surface area contributed by atoms with Crippen LogP contribution in [0.25, 0.3) is 0 Å². The van der Waals surface area contributed by atoms with Gasteiger partial charge in [0, 0.05) is 23.8 Å². The Morgan fingerprint density at radius 2 is 2.38 bits per heavy atom. The second-order valence-electron chi connectivity index (χ2n) is 4.67. The number of hydrogen-bond donors (Lipinski definition) is 2. The van der Waals surface area contributed by atoms with Gasteiger partial charge in [-0.05, 0) is 18.8 Å². The zero-order valence-electron chi connectivity index (χ0n) is 8.46. The average molecular weight is 179 g/mol. The molecular weight excluding hydrogens is 162 g/mol. The van der Waals surface area contributed by atoms with E-state index in [1.54, 1.807) is 0 Å². The lowest BCUT2D eigenvalue weighted by Gasteiger charge is -2.12. The summed E-state index contributed by atoms with van der Waals surface area (Å²) in [6, 6.07) is 1.09. The number of aromatic nitrogens is 2. The third-order valence-corrected chi connectivity index (χ3v) is 2.98. The first kappa shape index (κ1) is 8.75. The Balaban J connectivity index is 1.90. The molecule has 3 heteroatoms. The van der Waals surface area contributed by atoms with Crippen LogP contribution in [0.15, 0.2) is 12.4 Å². The fourth-order valence-electron chi connectivity index (χ4n) is 1.65. The molecule has 2 N–H and O–H groups in total. The Kier molecular flexibility index (Phi) is 1.91. The van der Waals surface area contributed by atoms with Crippen molar-refractivity contribution in [3.8, 4) is 0 Å². The summed E-state index contributed by atoms with van der Waals surface area (Å²) in [6.07, 6.45) is 5.12. The maximum atomic E-state index is 3.94. The molecule has 2 atom stereocenters. The van der Waals surface area contributed by atoms with Crippen molar-refractivity contribution in [2.24, 2.45) is 5.41 Å². The van der Waals surface area contributed by atoms with Crippen molar-refractivity contribution >= 4 is 0 Å². The molecule has 0 bridgehead atoms. The van der Waals surface area contributed by atoms with Crippen LogP contribution in [0.2, 0.25) is 0 Å². The van der Waals surface area contributed by atoms with Crippen LogP contribution in [0.4, 0.5) is 0 Å². The largest absolute Gasteiger partial charge is 0.307 e. The van der Waals surface area contributed by atoms with Gasteiger partial charge in [-0.1, -0.05) is 13.8 Å². The highest BCUT2D eigenvalue weighted by Gasteiger charge is 2.45. The van der Waals surface area contributed by atoms with Crippen LogP contribution in [0.5, 0.6) is 0 Å². The van der Waals surface area contributed by atoms with Crippen molar-refractivity contribution < 1.29 is 0 Å². The number of aromatic amines is 1. The van der Waals surface area contributed by atoms with Gasteiger partial charge in [-0.2, -0.15) is 5.10 Å². The van der Waals surface area contributed by atoms with Crippen molar-refractivity contribution in [3.63, 3.8) is 0 Å². The van der Waals surface area contributed by atoms with E-state index < -0.39 is 0 Å². The van der Waals surface area contributed by atoms with E-state index in [1.807, 2.05) is 12.4 Å². The molecule has 1 aromatic rings. The molecule has 1 aliphatic carbocycles. The summed E-state index contributed by atoms with van der Waals surface area (Å²) in [6.45, 7) is 6.78. The molecule has 1 fully saturated rings. The number of nitrogens with one attached hydrogen (secondary N) is 2. The predicted molar refractivity (Wildman–Crippen MR) is 52.3 cm³/mol. The van der Waals surface area contributed by atoms with E-state index in [1.165, 1.54) is 12.0 Å². The highest BCUT2D eigenvalue weighted by Crippen LogP contribution is 2.45. The van der Waals surface area contributed by atoms with Gasteiger partial charge in [0.15, 0.2) is 0 Å². The number of rotatable bonds is 3. The normalized spacial score (nSPS) is 27.2. The Morgan fingerprint density at radius 3 is 2.85 bits per heavy atom. The minimum Gasteiger partial charge on any atom is -0.307 e. The Bertz CT molecular complexity index is 276. The summed E-state index contributed by atoms with van der Waals surface area (Å²) in [5.41, 5.74) is 1.74. The summed E-state index contributed by atoms with van der Waals surface area (Å²) in [5, 5.41) is 10.4. The fourth-order valence-corrected chi connectivity index (χ4v) is 1.65. The summed E-state index contributed by atoms with van der Waals surface area (Å²) < 4.78 is 0. The molecule has 2 rings (SSSR count). The molecule has 1 saturated carbocycles. The SMILES string of the molecule is CC(NC1CC1(C)C)c1cn[nH]c1. The van der Waals surface area contributed by atoms with Gasteiger partial charge in [0.25, 0.3) is 0 Å². The number of hydrogen-bond acceptors (Lipinski definition) is 2. The quantitative estimate of drug-likeness (QED) is 0.743. The molecule has 72 valence electrons. The van der Waals surface area contributed by atoms with Gasteiger partial charge in [-0.25, -0.2) is 0 Å². The van der Waals surface area contributed by atoms with E-state index in [-0.39, 0.29) is 0 Å². The Labute approximate surface area is 78.9 Å². The Morgan fingerprint density at radius 1 is 1.69 bits per heavy atom. The van der Waals surface area contributed by atoms with Crippen LogP contribution in [0, 0.1) is 5.41 Å². The summed E-state index contributed by atoms with van der Waals surface area (Å²) >= 11 is 0. The average Bonchev–Trinajstić information content (AvgIpc) is 2.58. The molecule has 0 aromatic carbocycles. The number of H-pyrrole nitrogens is 1. The molecule has 3 nitrogen and oxygen atoms in total. The second kappa shape index (κ2) is 2.84. The van der Waals surface area contributed by atoms with Crippen molar-refractivity contribution in [2.75, 3.05) is 0 Å². The standard InChI is InChI=1S/C10H17N3/c1-7(8-5-11-12-6-8)13-9-4-10(9,2)3/h5-7,9,13H,4H2,1-3H3,(H,11,12). The monoisotopic (exact) mass is 179 g/mol. The van der Waals surface area contributed by atoms with Crippen LogP contribution in [0.1, 0.15) is 38.8 Å². The van der Waals surface area contributed by atoms with Crippen LogP contribution >= 0.6 is 0 Å². The molecule has 1 aliphatic rings. The van der Waals surface area contributed by atoms with Crippen molar-refractivity contribution in [1.82, 2.24) is 15.5 Å². The maximum absolute atomic E-state index is 3.94. The van der Waals surface area contributed by atoms with Gasteiger partial charge in [-0.15, -0.1) is 0 Å². The van der Waals surface area contributed by atoms with E-state index in [0.717, 1.165) is 0 Å². The Hall–Kier alpha value is -0.830. The molecular formula is C10H17N3. The van der Waals surface area contributed by atoms with E-state index >= 15 is 0 Å². The lowest BCUT2D eigenvalue weighted by atomic mass is 10.1. The second-order valence-corrected chi connectivity index (χ2v) is 4.67. The molecule has 1 aromatic heterocycles. The van der Waals surface area contributed by atoms with Gasteiger partial charge >= 0.3 is 0 Å². The van der Waals surface area contributed by atoms with Crippen LogP contribution in [-0.2, 0) is 0 Å². The van der Waals surface area contributed by atoms with Crippen LogP contribution in [-0.4, -0.2) is 16.2 Å². The van der Waals surface area contributed by atoms with Crippen molar-refractivity contribution in [1.29, 1.82) is 0 Å². The lowest BCUT2D eigenvalue weighted by molar-refractivity contribution is 0.492. The molecule has 0 aliphatic heterocycles. The smallest absolute Gasteiger partial charge is 0.0534 e. The van der Waals surface area contributed by atoms with Gasteiger partial charge in [-0.3, -0.25) is 5.10 Å². The van der Waals surface area contributed by atoms with Gasteiger partial charge in [0.2, 0.25) is 0 Å². The fraction of sp³-hybridized carbons (Fsp3) is 0.700. The first-order chi connectivity index (χ1) is 6.09. The molecule has 1 heterocycles. The van der Waals surface area contributed by atoms with E-state index in [0.29, 0.717) is 17.5 Å². The first-order valence-electron chi connectivity index (χ1n) is 4.84. The van der Waals surface area contributed by atoms with Crippen molar-refractivity contribution in [3.05, 3.63) is 18.0 Å². The van der Waals surface area contributed by atoms with E-state index in [2.05, 4.69) is 36.3 Å². The molecule has 0 saturated heterocycles.